The first-order chi connectivity index (χ1) is 10.1. The third-order valence-corrected chi connectivity index (χ3v) is 2.29. The Kier molecular flexibility index (Phi) is 4.28. The molecule has 0 saturated carbocycles. The number of H-pyrrole nitrogens is 2. The van der Waals surface area contributed by atoms with Crippen molar-refractivity contribution in [2.75, 3.05) is 11.9 Å². The van der Waals surface area contributed by atoms with Gasteiger partial charge in [-0.15, -0.1) is 0 Å². The van der Waals surface area contributed by atoms with Crippen LogP contribution in [0.2, 0.25) is 0 Å². The molecule has 0 radical (unpaired) electrons. The van der Waals surface area contributed by atoms with Gasteiger partial charge < -0.3 is 15.4 Å². The van der Waals surface area contributed by atoms with Crippen LogP contribution in [0.5, 0.6) is 0 Å². The van der Waals surface area contributed by atoms with Gasteiger partial charge in [0.05, 0.1) is 0 Å². The molecule has 2 aromatic heterocycles. The van der Waals surface area contributed by atoms with E-state index in [2.05, 4.69) is 27.1 Å². The number of aromatic nitrogens is 3. The van der Waals surface area contributed by atoms with Crippen molar-refractivity contribution in [1.29, 1.82) is 0 Å². The molecular weight excluding hydrogens is 276 g/mol. The molecule has 0 aliphatic carbocycles. The third-order valence-electron chi connectivity index (χ3n) is 2.29. The van der Waals surface area contributed by atoms with Crippen LogP contribution in [0.3, 0.4) is 0 Å². The summed E-state index contributed by atoms with van der Waals surface area (Å²) in [6.07, 6.45) is 0. The van der Waals surface area contributed by atoms with Crippen molar-refractivity contribution < 1.29 is 9.90 Å². The van der Waals surface area contributed by atoms with Crippen LogP contribution < -0.4 is 16.6 Å². The summed E-state index contributed by atoms with van der Waals surface area (Å²) in [7, 11) is 0. The van der Waals surface area contributed by atoms with Crippen LogP contribution in [-0.4, -0.2) is 32.6 Å². The molecule has 0 saturated heterocycles. The van der Waals surface area contributed by atoms with Crippen molar-refractivity contribution in [3.8, 4) is 11.8 Å². The number of aliphatic hydroxyl groups is 1. The summed E-state index contributed by atoms with van der Waals surface area (Å²) in [5.74, 6) is 4.54. The molecule has 21 heavy (non-hydrogen) atoms. The maximum absolute atomic E-state index is 11.9. The van der Waals surface area contributed by atoms with Gasteiger partial charge in [-0.2, -0.15) is 0 Å². The van der Waals surface area contributed by atoms with Crippen molar-refractivity contribution in [3.63, 3.8) is 0 Å². The highest BCUT2D eigenvalue weighted by molar-refractivity contribution is 6.02. The maximum atomic E-state index is 11.9. The van der Waals surface area contributed by atoms with Crippen molar-refractivity contribution >= 4 is 11.7 Å². The molecule has 8 nitrogen and oxygen atoms in total. The van der Waals surface area contributed by atoms with Gasteiger partial charge in [-0.25, -0.2) is 9.78 Å². The molecule has 8 heteroatoms. The number of aromatic amines is 2. The standard InChI is InChI=1S/C13H10N4O4/c18-6-2-4-8-3-1-5-10(14-8)16-12(20)9-7-11(19)17-13(21)15-9/h1,3,5,7,18H,6H2,(H,14,16,20)(H2,15,17,19,21). The Morgan fingerprint density at radius 1 is 1.33 bits per heavy atom. The number of carbonyl (C=O) groups is 1. The Hall–Kier alpha value is -3.18. The lowest BCUT2D eigenvalue weighted by Gasteiger charge is -2.04. The van der Waals surface area contributed by atoms with E-state index in [1.165, 1.54) is 6.07 Å². The Bertz CT molecular complexity index is 813. The van der Waals surface area contributed by atoms with Crippen LogP contribution in [0.25, 0.3) is 0 Å². The maximum Gasteiger partial charge on any atom is 0.326 e. The number of hydrogen-bond donors (Lipinski definition) is 4. The zero-order chi connectivity index (χ0) is 15.2. The number of pyridine rings is 1. The van der Waals surface area contributed by atoms with E-state index in [-0.39, 0.29) is 18.1 Å². The van der Waals surface area contributed by atoms with Crippen LogP contribution in [-0.2, 0) is 0 Å². The summed E-state index contributed by atoms with van der Waals surface area (Å²) in [6.45, 7) is -0.299. The normalized spacial score (nSPS) is 9.57. The van der Waals surface area contributed by atoms with Gasteiger partial charge in [-0.05, 0) is 18.1 Å². The molecule has 2 aromatic rings. The van der Waals surface area contributed by atoms with E-state index in [0.29, 0.717) is 5.69 Å². The Balaban J connectivity index is 2.23. The van der Waals surface area contributed by atoms with E-state index in [0.717, 1.165) is 6.07 Å². The molecule has 0 atom stereocenters. The van der Waals surface area contributed by atoms with Crippen LogP contribution >= 0.6 is 0 Å². The number of nitrogens with one attached hydrogen (secondary N) is 3. The summed E-state index contributed by atoms with van der Waals surface area (Å²) in [4.78, 5) is 42.3. The van der Waals surface area contributed by atoms with Crippen molar-refractivity contribution in [2.45, 2.75) is 0 Å². The van der Waals surface area contributed by atoms with E-state index in [9.17, 15) is 14.4 Å². The topological polar surface area (TPSA) is 128 Å². The fraction of sp³-hybridized carbons (Fsp3) is 0.0769. The molecular formula is C13H10N4O4. The van der Waals surface area contributed by atoms with Gasteiger partial charge in [0, 0.05) is 6.07 Å². The molecule has 0 fully saturated rings. The lowest BCUT2D eigenvalue weighted by atomic mass is 10.3. The molecule has 0 aliphatic rings. The van der Waals surface area contributed by atoms with Crippen LogP contribution in [0.4, 0.5) is 5.82 Å². The summed E-state index contributed by atoms with van der Waals surface area (Å²) < 4.78 is 0. The zero-order valence-electron chi connectivity index (χ0n) is 10.6. The highest BCUT2D eigenvalue weighted by Gasteiger charge is 2.09. The van der Waals surface area contributed by atoms with Crippen LogP contribution in [0.1, 0.15) is 16.2 Å². The van der Waals surface area contributed by atoms with E-state index in [1.54, 1.807) is 12.1 Å². The van der Waals surface area contributed by atoms with E-state index < -0.39 is 17.2 Å². The van der Waals surface area contributed by atoms with Gasteiger partial charge in [-0.1, -0.05) is 12.0 Å². The number of hydrogen-bond acceptors (Lipinski definition) is 5. The molecule has 0 aliphatic heterocycles. The molecule has 1 amide bonds. The first-order valence-electron chi connectivity index (χ1n) is 5.80. The molecule has 0 aromatic carbocycles. The Morgan fingerprint density at radius 2 is 2.14 bits per heavy atom. The summed E-state index contributed by atoms with van der Waals surface area (Å²) in [6, 6.07) is 5.71. The van der Waals surface area contributed by atoms with E-state index in [1.807, 2.05) is 4.98 Å². The number of aliphatic hydroxyl groups excluding tert-OH is 1. The lowest BCUT2D eigenvalue weighted by molar-refractivity contribution is 0.102. The smallest absolute Gasteiger partial charge is 0.326 e. The fourth-order valence-corrected chi connectivity index (χ4v) is 1.48. The van der Waals surface area contributed by atoms with Crippen molar-refractivity contribution in [2.24, 2.45) is 0 Å². The van der Waals surface area contributed by atoms with E-state index in [4.69, 9.17) is 5.11 Å². The second kappa shape index (κ2) is 6.31. The summed E-state index contributed by atoms with van der Waals surface area (Å²) >= 11 is 0. The quantitative estimate of drug-likeness (QED) is 0.529. The molecule has 2 rings (SSSR count). The largest absolute Gasteiger partial charge is 0.384 e. The first-order valence-corrected chi connectivity index (χ1v) is 5.80. The molecule has 106 valence electrons. The number of rotatable bonds is 2. The number of anilines is 1. The SMILES string of the molecule is O=C(Nc1cccc(C#CCO)n1)c1cc(=O)[nH]c(=O)[nH]1. The second-order valence-corrected chi connectivity index (χ2v) is 3.82. The lowest BCUT2D eigenvalue weighted by Crippen LogP contribution is -2.27. The fourth-order valence-electron chi connectivity index (χ4n) is 1.48. The predicted molar refractivity (Wildman–Crippen MR) is 73.8 cm³/mol. The summed E-state index contributed by atoms with van der Waals surface area (Å²) in [5.41, 5.74) is -1.28. The predicted octanol–water partition coefficient (Wildman–Crippen LogP) is -0.946. The third kappa shape index (κ3) is 3.89. The first kappa shape index (κ1) is 14.2. The molecule has 4 N–H and O–H groups in total. The minimum Gasteiger partial charge on any atom is -0.384 e. The highest BCUT2D eigenvalue weighted by atomic mass is 16.2. The van der Waals surface area contributed by atoms with E-state index >= 15 is 0 Å². The van der Waals surface area contributed by atoms with Gasteiger partial charge in [0.15, 0.2) is 0 Å². The van der Waals surface area contributed by atoms with Gasteiger partial charge in [-0.3, -0.25) is 14.6 Å². The monoisotopic (exact) mass is 286 g/mol. The highest BCUT2D eigenvalue weighted by Crippen LogP contribution is 2.05. The van der Waals surface area contributed by atoms with Crippen LogP contribution in [0.15, 0.2) is 33.9 Å². The molecule has 0 unspecified atom stereocenters. The van der Waals surface area contributed by atoms with Gasteiger partial charge >= 0.3 is 5.69 Å². The van der Waals surface area contributed by atoms with Gasteiger partial charge in [0.25, 0.3) is 11.5 Å². The molecule has 2 heterocycles. The Morgan fingerprint density at radius 3 is 2.86 bits per heavy atom. The zero-order valence-corrected chi connectivity index (χ0v) is 10.6. The van der Waals surface area contributed by atoms with Gasteiger partial charge in [0.1, 0.15) is 23.8 Å². The van der Waals surface area contributed by atoms with Crippen molar-refractivity contribution in [3.05, 3.63) is 56.5 Å². The van der Waals surface area contributed by atoms with Gasteiger partial charge in [0.2, 0.25) is 0 Å². The number of amides is 1. The number of nitrogens with zero attached hydrogens (tertiary/aromatic N) is 1. The Labute approximate surface area is 117 Å². The molecule has 0 spiro atoms. The molecule has 0 bridgehead atoms. The number of carbonyl (C=O) groups excluding carboxylic acids is 1. The summed E-state index contributed by atoms with van der Waals surface area (Å²) in [5, 5.41) is 11.0. The average Bonchev–Trinajstić information content (AvgIpc) is 2.44. The van der Waals surface area contributed by atoms with Crippen molar-refractivity contribution in [1.82, 2.24) is 15.0 Å². The minimum atomic E-state index is -0.775. The average molecular weight is 286 g/mol. The van der Waals surface area contributed by atoms with Crippen LogP contribution in [0, 0.1) is 11.8 Å². The second-order valence-electron chi connectivity index (χ2n) is 3.82. The minimum absolute atomic E-state index is 0.183.